The van der Waals surface area contributed by atoms with Gasteiger partial charge in [-0.15, -0.1) is 0 Å². The van der Waals surface area contributed by atoms with E-state index in [0.717, 1.165) is 12.8 Å². The molecular formula is C23H31ClN2O5S. The van der Waals surface area contributed by atoms with Crippen molar-refractivity contribution in [3.63, 3.8) is 0 Å². The molecule has 3 atom stereocenters. The fourth-order valence-corrected chi connectivity index (χ4v) is 7.19. The highest BCUT2D eigenvalue weighted by Crippen LogP contribution is 2.43. The average molecular weight is 483 g/mol. The molecule has 0 unspecified atom stereocenters. The Morgan fingerprint density at radius 3 is 2.25 bits per heavy atom. The Labute approximate surface area is 194 Å². The fourth-order valence-electron chi connectivity index (χ4n) is 4.69. The zero-order valence-electron chi connectivity index (χ0n) is 19.4. The standard InChI is InChI=1S/C23H31ClN2O5S/c1-22(2,3)20-25-17-10-9-16(24)19(18(17)30-20)32(28,29)15-11-13-7-8-14(12-15)26(13)21(27)31-23(4,5)6/h9-10,13-15H,7-8,11-12H2,1-6H3/t13-,14+,15+. The number of oxazole rings is 1. The summed E-state index contributed by atoms with van der Waals surface area (Å²) in [5.74, 6) is 0.464. The van der Waals surface area contributed by atoms with Crippen molar-refractivity contribution in [1.29, 1.82) is 0 Å². The van der Waals surface area contributed by atoms with Gasteiger partial charge in [-0.2, -0.15) is 0 Å². The Balaban J connectivity index is 1.68. The minimum absolute atomic E-state index is 0.00906. The number of benzene rings is 1. The highest BCUT2D eigenvalue weighted by molar-refractivity contribution is 7.92. The third kappa shape index (κ3) is 4.12. The Morgan fingerprint density at radius 1 is 1.12 bits per heavy atom. The summed E-state index contributed by atoms with van der Waals surface area (Å²) in [5, 5.41) is -0.513. The number of hydrogen-bond donors (Lipinski definition) is 0. The molecule has 0 aliphatic carbocycles. The van der Waals surface area contributed by atoms with Crippen molar-refractivity contribution in [2.24, 2.45) is 0 Å². The van der Waals surface area contributed by atoms with Gasteiger partial charge in [-0.05, 0) is 58.6 Å². The lowest BCUT2D eigenvalue weighted by Crippen LogP contribution is -2.51. The molecule has 0 saturated carbocycles. The Hall–Kier alpha value is -1.80. The molecule has 32 heavy (non-hydrogen) atoms. The van der Waals surface area contributed by atoms with Crippen LogP contribution >= 0.6 is 11.6 Å². The second-order valence-corrected chi connectivity index (χ2v) is 13.5. The van der Waals surface area contributed by atoms with Crippen LogP contribution in [0.3, 0.4) is 0 Å². The monoisotopic (exact) mass is 482 g/mol. The van der Waals surface area contributed by atoms with Gasteiger partial charge in [0.15, 0.2) is 15.4 Å². The molecular weight excluding hydrogens is 452 g/mol. The minimum Gasteiger partial charge on any atom is -0.444 e. The Morgan fingerprint density at radius 2 is 1.72 bits per heavy atom. The van der Waals surface area contributed by atoms with Gasteiger partial charge in [0.05, 0.1) is 10.3 Å². The van der Waals surface area contributed by atoms with Gasteiger partial charge in [0, 0.05) is 17.5 Å². The minimum atomic E-state index is -3.81. The summed E-state index contributed by atoms with van der Waals surface area (Å²) < 4.78 is 39.1. The Kier molecular flexibility index (Phi) is 5.56. The first-order valence-corrected chi connectivity index (χ1v) is 13.0. The van der Waals surface area contributed by atoms with E-state index in [1.54, 1.807) is 17.0 Å². The number of fused-ring (bicyclic) bond motifs is 3. The number of halogens is 1. The maximum Gasteiger partial charge on any atom is 0.410 e. The lowest BCUT2D eigenvalue weighted by Gasteiger charge is -2.39. The predicted molar refractivity (Wildman–Crippen MR) is 123 cm³/mol. The summed E-state index contributed by atoms with van der Waals surface area (Å²) in [5.41, 5.74) is -0.277. The van der Waals surface area contributed by atoms with Crippen LogP contribution < -0.4 is 0 Å². The van der Waals surface area contributed by atoms with E-state index in [-0.39, 0.29) is 39.1 Å². The summed E-state index contributed by atoms with van der Waals surface area (Å²) in [4.78, 5) is 19.0. The van der Waals surface area contributed by atoms with Crippen LogP contribution in [0.2, 0.25) is 5.02 Å². The highest BCUT2D eigenvalue weighted by atomic mass is 35.5. The summed E-state index contributed by atoms with van der Waals surface area (Å²) in [7, 11) is -3.81. The van der Waals surface area contributed by atoms with Crippen LogP contribution in [-0.2, 0) is 20.0 Å². The van der Waals surface area contributed by atoms with Gasteiger partial charge in [-0.3, -0.25) is 0 Å². The third-order valence-corrected chi connectivity index (χ3v) is 8.79. The molecule has 3 heterocycles. The van der Waals surface area contributed by atoms with Crippen molar-refractivity contribution in [3.8, 4) is 0 Å². The molecule has 1 amide bonds. The maximum atomic E-state index is 13.8. The van der Waals surface area contributed by atoms with E-state index in [1.807, 2.05) is 41.5 Å². The summed E-state index contributed by atoms with van der Waals surface area (Å²) in [6, 6.07) is 2.92. The van der Waals surface area contributed by atoms with Crippen molar-refractivity contribution < 1.29 is 22.4 Å². The second-order valence-electron chi connectivity index (χ2n) is 10.9. The molecule has 1 aromatic heterocycles. The summed E-state index contributed by atoms with van der Waals surface area (Å²) in [6.07, 6.45) is 1.87. The van der Waals surface area contributed by atoms with E-state index >= 15 is 0 Å². The lowest BCUT2D eigenvalue weighted by molar-refractivity contribution is 0.00813. The number of rotatable bonds is 2. The number of carbonyl (C=O) groups is 1. The topological polar surface area (TPSA) is 89.7 Å². The molecule has 0 spiro atoms. The quantitative estimate of drug-likeness (QED) is 0.562. The number of carbonyl (C=O) groups excluding carboxylic acids is 1. The largest absolute Gasteiger partial charge is 0.444 e. The van der Waals surface area contributed by atoms with Gasteiger partial charge >= 0.3 is 6.09 Å². The molecule has 2 aromatic rings. The summed E-state index contributed by atoms with van der Waals surface area (Å²) >= 11 is 6.42. The number of hydrogen-bond acceptors (Lipinski definition) is 6. The van der Waals surface area contributed by atoms with E-state index < -0.39 is 20.7 Å². The van der Waals surface area contributed by atoms with Crippen molar-refractivity contribution >= 4 is 38.6 Å². The van der Waals surface area contributed by atoms with Crippen LogP contribution in [0.25, 0.3) is 11.1 Å². The molecule has 2 bridgehead atoms. The van der Waals surface area contributed by atoms with Crippen molar-refractivity contribution in [2.75, 3.05) is 0 Å². The lowest BCUT2D eigenvalue weighted by atomic mass is 9.97. The van der Waals surface area contributed by atoms with Gasteiger partial charge in [0.25, 0.3) is 0 Å². The molecule has 176 valence electrons. The van der Waals surface area contributed by atoms with Crippen LogP contribution in [0.15, 0.2) is 21.4 Å². The van der Waals surface area contributed by atoms with E-state index in [1.165, 1.54) is 0 Å². The first-order valence-electron chi connectivity index (χ1n) is 11.0. The maximum absolute atomic E-state index is 13.8. The fraction of sp³-hybridized carbons (Fsp3) is 0.652. The van der Waals surface area contributed by atoms with Gasteiger partial charge in [0.1, 0.15) is 16.0 Å². The van der Waals surface area contributed by atoms with Crippen LogP contribution in [0.5, 0.6) is 0 Å². The summed E-state index contributed by atoms with van der Waals surface area (Å²) in [6.45, 7) is 11.4. The van der Waals surface area contributed by atoms with Crippen LogP contribution in [-0.4, -0.2) is 47.3 Å². The van der Waals surface area contributed by atoms with Gasteiger partial charge in [-0.1, -0.05) is 32.4 Å². The number of ether oxygens (including phenoxy) is 1. The number of aromatic nitrogens is 1. The van der Waals surface area contributed by atoms with Gasteiger partial charge in [0.2, 0.25) is 5.89 Å². The van der Waals surface area contributed by atoms with Crippen molar-refractivity contribution in [2.45, 2.75) is 100 Å². The second kappa shape index (κ2) is 7.62. The molecule has 1 aromatic carbocycles. The molecule has 2 aliphatic heterocycles. The zero-order valence-corrected chi connectivity index (χ0v) is 21.0. The van der Waals surface area contributed by atoms with Crippen molar-refractivity contribution in [1.82, 2.24) is 9.88 Å². The molecule has 2 aliphatic rings. The smallest absolute Gasteiger partial charge is 0.410 e. The highest BCUT2D eigenvalue weighted by Gasteiger charge is 2.49. The predicted octanol–water partition coefficient (Wildman–Crippen LogP) is 5.48. The third-order valence-electron chi connectivity index (χ3n) is 6.12. The molecule has 7 nitrogen and oxygen atoms in total. The SMILES string of the molecule is CC(C)(C)OC(=O)N1[C@@H]2CC[C@H]1C[C@@H](S(=O)(=O)c1c(Cl)ccc3nc(C(C)(C)C)oc13)C2. The van der Waals surface area contributed by atoms with Crippen LogP contribution in [0.4, 0.5) is 4.79 Å². The van der Waals surface area contributed by atoms with Crippen molar-refractivity contribution in [3.05, 3.63) is 23.0 Å². The molecule has 0 N–H and O–H groups in total. The molecule has 0 radical (unpaired) electrons. The zero-order chi connectivity index (χ0) is 23.6. The van der Waals surface area contributed by atoms with E-state index in [2.05, 4.69) is 4.98 Å². The van der Waals surface area contributed by atoms with Gasteiger partial charge in [-0.25, -0.2) is 18.2 Å². The Bertz CT molecular complexity index is 1150. The first-order chi connectivity index (χ1) is 14.7. The normalized spacial score (nSPS) is 24.2. The molecule has 4 rings (SSSR count). The number of sulfone groups is 1. The van der Waals surface area contributed by atoms with Crippen LogP contribution in [0.1, 0.15) is 73.1 Å². The number of amides is 1. The molecule has 9 heteroatoms. The van der Waals surface area contributed by atoms with E-state index in [4.69, 9.17) is 20.8 Å². The first kappa shape index (κ1) is 23.4. The molecule has 2 saturated heterocycles. The molecule has 2 fully saturated rings. The van der Waals surface area contributed by atoms with Crippen LogP contribution in [0, 0.1) is 0 Å². The number of piperidine rings is 1. The number of nitrogens with zero attached hydrogens (tertiary/aromatic N) is 2. The van der Waals surface area contributed by atoms with E-state index in [0.29, 0.717) is 24.2 Å². The van der Waals surface area contributed by atoms with E-state index in [9.17, 15) is 13.2 Å². The van der Waals surface area contributed by atoms with Gasteiger partial charge < -0.3 is 14.1 Å². The average Bonchev–Trinajstić information content (AvgIpc) is 3.18.